The molecule has 0 aromatic heterocycles. The molecule has 18 heavy (non-hydrogen) atoms. The number of carbonyl (C=O) groups is 1. The standard InChI is InChI=1S/C15H22O3/c1-5-17-15(16)10-13-8-6-7-9-14(13)18-12(4)11(2)3/h6-9,11-12H,5,10H2,1-4H3. The first-order valence-corrected chi connectivity index (χ1v) is 6.44. The largest absolute Gasteiger partial charge is 0.490 e. The Morgan fingerprint density at radius 3 is 2.50 bits per heavy atom. The molecule has 0 saturated carbocycles. The van der Waals surface area contributed by atoms with Gasteiger partial charge in [0, 0.05) is 5.56 Å². The van der Waals surface area contributed by atoms with Gasteiger partial charge in [-0.1, -0.05) is 32.0 Å². The fraction of sp³-hybridized carbons (Fsp3) is 0.533. The maximum Gasteiger partial charge on any atom is 0.310 e. The molecular formula is C15H22O3. The number of esters is 1. The number of carbonyl (C=O) groups excluding carboxylic acids is 1. The molecule has 0 aliphatic carbocycles. The minimum atomic E-state index is -0.217. The topological polar surface area (TPSA) is 35.5 Å². The molecule has 0 aliphatic rings. The summed E-state index contributed by atoms with van der Waals surface area (Å²) in [6.45, 7) is 8.47. The molecule has 0 N–H and O–H groups in total. The molecule has 0 saturated heterocycles. The third kappa shape index (κ3) is 4.40. The molecule has 0 heterocycles. The molecule has 3 nitrogen and oxygen atoms in total. The van der Waals surface area contributed by atoms with Gasteiger partial charge in [0.15, 0.2) is 0 Å². The molecule has 0 amide bonds. The van der Waals surface area contributed by atoms with Gasteiger partial charge in [0.25, 0.3) is 0 Å². The maximum atomic E-state index is 11.5. The highest BCUT2D eigenvalue weighted by atomic mass is 16.5. The molecule has 0 spiro atoms. The molecule has 0 fully saturated rings. The predicted molar refractivity (Wildman–Crippen MR) is 71.7 cm³/mol. The van der Waals surface area contributed by atoms with Crippen LogP contribution in [0.25, 0.3) is 0 Å². The lowest BCUT2D eigenvalue weighted by molar-refractivity contribution is -0.142. The minimum absolute atomic E-state index is 0.119. The molecule has 1 rings (SSSR count). The normalized spacial score (nSPS) is 12.3. The Morgan fingerprint density at radius 1 is 1.22 bits per heavy atom. The van der Waals surface area contributed by atoms with E-state index in [0.717, 1.165) is 11.3 Å². The molecule has 3 heteroatoms. The van der Waals surface area contributed by atoms with Crippen molar-refractivity contribution in [2.75, 3.05) is 6.61 Å². The Kier molecular flexibility index (Phi) is 5.69. The molecule has 1 unspecified atom stereocenters. The van der Waals surface area contributed by atoms with E-state index in [9.17, 15) is 4.79 Å². The highest BCUT2D eigenvalue weighted by Crippen LogP contribution is 2.22. The predicted octanol–water partition coefficient (Wildman–Crippen LogP) is 3.22. The Morgan fingerprint density at radius 2 is 1.89 bits per heavy atom. The van der Waals surface area contributed by atoms with E-state index in [-0.39, 0.29) is 18.5 Å². The third-order valence-electron chi connectivity index (χ3n) is 2.86. The van der Waals surface area contributed by atoms with E-state index < -0.39 is 0 Å². The molecule has 1 atom stereocenters. The smallest absolute Gasteiger partial charge is 0.310 e. The van der Waals surface area contributed by atoms with Gasteiger partial charge in [-0.15, -0.1) is 0 Å². The van der Waals surface area contributed by atoms with Crippen molar-refractivity contribution >= 4 is 5.97 Å². The SMILES string of the molecule is CCOC(=O)Cc1ccccc1OC(C)C(C)C. The molecule has 0 aliphatic heterocycles. The van der Waals surface area contributed by atoms with Crippen LogP contribution in [0.4, 0.5) is 0 Å². The lowest BCUT2D eigenvalue weighted by Gasteiger charge is -2.20. The molecular weight excluding hydrogens is 228 g/mol. The van der Waals surface area contributed by atoms with Crippen LogP contribution in [0, 0.1) is 5.92 Å². The first kappa shape index (κ1) is 14.6. The molecule has 0 bridgehead atoms. The Labute approximate surface area is 109 Å². The Bertz CT molecular complexity index is 385. The summed E-state index contributed by atoms with van der Waals surface area (Å²) in [6, 6.07) is 7.62. The van der Waals surface area contributed by atoms with Crippen LogP contribution in [0.2, 0.25) is 0 Å². The maximum absolute atomic E-state index is 11.5. The zero-order valence-electron chi connectivity index (χ0n) is 11.6. The zero-order chi connectivity index (χ0) is 13.5. The van der Waals surface area contributed by atoms with E-state index in [1.165, 1.54) is 0 Å². The molecule has 0 radical (unpaired) electrons. The van der Waals surface area contributed by atoms with Crippen LogP contribution in [0.3, 0.4) is 0 Å². The minimum Gasteiger partial charge on any atom is -0.490 e. The van der Waals surface area contributed by atoms with Gasteiger partial charge in [-0.3, -0.25) is 4.79 Å². The fourth-order valence-corrected chi connectivity index (χ4v) is 1.47. The number of benzene rings is 1. The number of rotatable bonds is 6. The monoisotopic (exact) mass is 250 g/mol. The van der Waals surface area contributed by atoms with Crippen molar-refractivity contribution in [2.45, 2.75) is 40.2 Å². The summed E-state index contributed by atoms with van der Waals surface area (Å²) in [5.41, 5.74) is 0.878. The van der Waals surface area contributed by atoms with E-state index >= 15 is 0 Å². The van der Waals surface area contributed by atoms with Gasteiger partial charge in [0.2, 0.25) is 0 Å². The molecule has 100 valence electrons. The number of para-hydroxylation sites is 1. The van der Waals surface area contributed by atoms with Crippen LogP contribution < -0.4 is 4.74 Å². The van der Waals surface area contributed by atoms with Crippen LogP contribution in [-0.4, -0.2) is 18.7 Å². The van der Waals surface area contributed by atoms with Crippen molar-refractivity contribution < 1.29 is 14.3 Å². The molecule has 1 aromatic carbocycles. The van der Waals surface area contributed by atoms with Crippen molar-refractivity contribution in [1.82, 2.24) is 0 Å². The van der Waals surface area contributed by atoms with Gasteiger partial charge < -0.3 is 9.47 Å². The Balaban J connectivity index is 2.76. The summed E-state index contributed by atoms with van der Waals surface area (Å²) >= 11 is 0. The van der Waals surface area contributed by atoms with E-state index in [4.69, 9.17) is 9.47 Å². The van der Waals surface area contributed by atoms with Gasteiger partial charge >= 0.3 is 5.97 Å². The third-order valence-corrected chi connectivity index (χ3v) is 2.86. The first-order chi connectivity index (χ1) is 8.54. The first-order valence-electron chi connectivity index (χ1n) is 6.44. The summed E-state index contributed by atoms with van der Waals surface area (Å²) in [5.74, 6) is 0.984. The van der Waals surface area contributed by atoms with Crippen LogP contribution in [-0.2, 0) is 16.0 Å². The van der Waals surface area contributed by atoms with Crippen molar-refractivity contribution in [1.29, 1.82) is 0 Å². The lowest BCUT2D eigenvalue weighted by Crippen LogP contribution is -2.20. The van der Waals surface area contributed by atoms with Crippen molar-refractivity contribution in [3.8, 4) is 5.75 Å². The number of ether oxygens (including phenoxy) is 2. The lowest BCUT2D eigenvalue weighted by atomic mass is 10.1. The van der Waals surface area contributed by atoms with Crippen LogP contribution in [0.1, 0.15) is 33.3 Å². The zero-order valence-corrected chi connectivity index (χ0v) is 11.6. The summed E-state index contributed by atoms with van der Waals surface area (Å²) in [4.78, 5) is 11.5. The van der Waals surface area contributed by atoms with Crippen LogP contribution in [0.5, 0.6) is 5.75 Å². The van der Waals surface area contributed by atoms with Gasteiger partial charge in [0.1, 0.15) is 5.75 Å². The number of hydrogen-bond acceptors (Lipinski definition) is 3. The summed E-state index contributed by atoms with van der Waals surface area (Å²) in [6.07, 6.45) is 0.378. The van der Waals surface area contributed by atoms with E-state index in [1.807, 2.05) is 31.2 Å². The quantitative estimate of drug-likeness (QED) is 0.727. The van der Waals surface area contributed by atoms with E-state index in [2.05, 4.69) is 13.8 Å². The number of hydrogen-bond donors (Lipinski definition) is 0. The average Bonchev–Trinajstić information content (AvgIpc) is 2.31. The van der Waals surface area contributed by atoms with Crippen LogP contribution in [0.15, 0.2) is 24.3 Å². The van der Waals surface area contributed by atoms with Gasteiger partial charge in [-0.2, -0.15) is 0 Å². The molecule has 1 aromatic rings. The Hall–Kier alpha value is -1.51. The van der Waals surface area contributed by atoms with Crippen molar-refractivity contribution in [3.05, 3.63) is 29.8 Å². The summed E-state index contributed by atoms with van der Waals surface area (Å²) in [5, 5.41) is 0. The van der Waals surface area contributed by atoms with Gasteiger partial charge in [-0.25, -0.2) is 0 Å². The van der Waals surface area contributed by atoms with Gasteiger partial charge in [0.05, 0.1) is 19.1 Å². The van der Waals surface area contributed by atoms with E-state index in [1.54, 1.807) is 6.92 Å². The second-order valence-corrected chi connectivity index (χ2v) is 4.66. The highest BCUT2D eigenvalue weighted by molar-refractivity contribution is 5.73. The fourth-order valence-electron chi connectivity index (χ4n) is 1.47. The second kappa shape index (κ2) is 7.04. The highest BCUT2D eigenvalue weighted by Gasteiger charge is 2.13. The average molecular weight is 250 g/mol. The van der Waals surface area contributed by atoms with Crippen LogP contribution >= 0.6 is 0 Å². The van der Waals surface area contributed by atoms with E-state index in [0.29, 0.717) is 12.5 Å². The summed E-state index contributed by atoms with van der Waals surface area (Å²) < 4.78 is 10.8. The van der Waals surface area contributed by atoms with Crippen molar-refractivity contribution in [3.63, 3.8) is 0 Å². The summed E-state index contributed by atoms with van der Waals surface area (Å²) in [7, 11) is 0. The van der Waals surface area contributed by atoms with Gasteiger partial charge in [-0.05, 0) is 25.8 Å². The van der Waals surface area contributed by atoms with Crippen molar-refractivity contribution in [2.24, 2.45) is 5.92 Å². The second-order valence-electron chi connectivity index (χ2n) is 4.66.